The van der Waals surface area contributed by atoms with Crippen LogP contribution in [-0.2, 0) is 14.3 Å². The normalized spacial score (nSPS) is 28.7. The zero-order chi connectivity index (χ0) is 12.4. The molecule has 0 bridgehead atoms. The van der Waals surface area contributed by atoms with Gasteiger partial charge in [-0.15, -0.1) is 0 Å². The van der Waals surface area contributed by atoms with Gasteiger partial charge in [0.05, 0.1) is 13.0 Å². The minimum atomic E-state index is -0.197. The van der Waals surface area contributed by atoms with Crippen molar-refractivity contribution in [3.8, 4) is 0 Å². The number of rotatable bonds is 2. The Morgan fingerprint density at radius 1 is 1.24 bits per heavy atom. The first-order valence-electron chi connectivity index (χ1n) is 6.15. The van der Waals surface area contributed by atoms with Crippen molar-refractivity contribution in [2.75, 3.05) is 20.2 Å². The van der Waals surface area contributed by atoms with Crippen LogP contribution in [0.3, 0.4) is 0 Å². The van der Waals surface area contributed by atoms with Gasteiger partial charge in [-0.3, -0.25) is 9.59 Å². The monoisotopic (exact) mass is 237 g/mol. The standard InChI is InChI=1S/C13H19NO3/c1-9-7-14(8-11(9)13(16)17-2)12(15)10-5-3-4-6-10/h3-4,9-11H,5-8H2,1-2H3. The largest absolute Gasteiger partial charge is 0.469 e. The third-order valence-electron chi connectivity index (χ3n) is 3.79. The van der Waals surface area contributed by atoms with Crippen LogP contribution in [0.25, 0.3) is 0 Å². The van der Waals surface area contributed by atoms with Crippen LogP contribution < -0.4 is 0 Å². The molecule has 0 aromatic heterocycles. The Balaban J connectivity index is 1.96. The van der Waals surface area contributed by atoms with Crippen LogP contribution >= 0.6 is 0 Å². The second kappa shape index (κ2) is 4.90. The molecule has 0 aromatic rings. The van der Waals surface area contributed by atoms with Crippen LogP contribution in [0.2, 0.25) is 0 Å². The fourth-order valence-electron chi connectivity index (χ4n) is 2.68. The SMILES string of the molecule is COC(=O)C1CN(C(=O)C2CC=CC2)CC1C. The lowest BCUT2D eigenvalue weighted by Crippen LogP contribution is -2.34. The van der Waals surface area contributed by atoms with E-state index in [2.05, 4.69) is 12.2 Å². The van der Waals surface area contributed by atoms with Gasteiger partial charge in [-0.2, -0.15) is 0 Å². The number of carbonyl (C=O) groups is 2. The van der Waals surface area contributed by atoms with E-state index in [-0.39, 0.29) is 29.6 Å². The summed E-state index contributed by atoms with van der Waals surface area (Å²) in [5.41, 5.74) is 0. The van der Waals surface area contributed by atoms with E-state index in [4.69, 9.17) is 4.74 Å². The first-order valence-corrected chi connectivity index (χ1v) is 6.15. The number of nitrogens with zero attached hydrogens (tertiary/aromatic N) is 1. The van der Waals surface area contributed by atoms with E-state index in [9.17, 15) is 9.59 Å². The van der Waals surface area contributed by atoms with Crippen molar-refractivity contribution in [1.29, 1.82) is 0 Å². The molecule has 1 saturated heterocycles. The van der Waals surface area contributed by atoms with Crippen LogP contribution in [0.1, 0.15) is 19.8 Å². The smallest absolute Gasteiger partial charge is 0.310 e. The molecule has 0 spiro atoms. The molecule has 1 aliphatic carbocycles. The highest BCUT2D eigenvalue weighted by atomic mass is 16.5. The molecule has 1 aliphatic heterocycles. The van der Waals surface area contributed by atoms with Crippen molar-refractivity contribution in [3.05, 3.63) is 12.2 Å². The highest BCUT2D eigenvalue weighted by Gasteiger charge is 2.39. The Morgan fingerprint density at radius 2 is 1.88 bits per heavy atom. The van der Waals surface area contributed by atoms with Crippen LogP contribution in [0.4, 0.5) is 0 Å². The molecule has 0 radical (unpaired) electrons. The summed E-state index contributed by atoms with van der Waals surface area (Å²) in [4.78, 5) is 25.5. The van der Waals surface area contributed by atoms with Gasteiger partial charge in [0, 0.05) is 19.0 Å². The molecule has 0 saturated carbocycles. The number of methoxy groups -OCH3 is 1. The zero-order valence-corrected chi connectivity index (χ0v) is 10.4. The lowest BCUT2D eigenvalue weighted by atomic mass is 9.99. The molecular formula is C13H19NO3. The fraction of sp³-hybridized carbons (Fsp3) is 0.692. The second-order valence-corrected chi connectivity index (χ2v) is 4.99. The molecule has 2 aliphatic rings. The molecule has 4 nitrogen and oxygen atoms in total. The summed E-state index contributed by atoms with van der Waals surface area (Å²) in [5, 5.41) is 0. The average molecular weight is 237 g/mol. The predicted octanol–water partition coefficient (Wildman–Crippen LogP) is 1.22. The number of ether oxygens (including phenoxy) is 1. The summed E-state index contributed by atoms with van der Waals surface area (Å²) in [5.74, 6) is 0.128. The highest BCUT2D eigenvalue weighted by Crippen LogP contribution is 2.28. The van der Waals surface area contributed by atoms with E-state index in [1.165, 1.54) is 7.11 Å². The van der Waals surface area contributed by atoms with Gasteiger partial charge in [-0.05, 0) is 18.8 Å². The minimum Gasteiger partial charge on any atom is -0.469 e. The van der Waals surface area contributed by atoms with Crippen molar-refractivity contribution < 1.29 is 14.3 Å². The third-order valence-corrected chi connectivity index (χ3v) is 3.79. The van der Waals surface area contributed by atoms with E-state index < -0.39 is 0 Å². The molecule has 2 atom stereocenters. The Morgan fingerprint density at radius 3 is 2.47 bits per heavy atom. The maximum absolute atomic E-state index is 12.2. The molecule has 4 heteroatoms. The lowest BCUT2D eigenvalue weighted by molar-refractivity contribution is -0.146. The Hall–Kier alpha value is -1.32. The molecule has 0 aromatic carbocycles. The zero-order valence-electron chi connectivity index (χ0n) is 10.4. The van der Waals surface area contributed by atoms with Crippen LogP contribution in [0, 0.1) is 17.8 Å². The molecule has 1 fully saturated rings. The number of allylic oxidation sites excluding steroid dienone is 2. The van der Waals surface area contributed by atoms with Crippen molar-refractivity contribution >= 4 is 11.9 Å². The van der Waals surface area contributed by atoms with E-state index >= 15 is 0 Å². The quantitative estimate of drug-likeness (QED) is 0.536. The van der Waals surface area contributed by atoms with Gasteiger partial charge in [-0.25, -0.2) is 0 Å². The van der Waals surface area contributed by atoms with Crippen molar-refractivity contribution in [2.24, 2.45) is 17.8 Å². The Labute approximate surface area is 102 Å². The van der Waals surface area contributed by atoms with Crippen molar-refractivity contribution in [1.82, 2.24) is 4.90 Å². The topological polar surface area (TPSA) is 46.6 Å². The number of hydrogen-bond acceptors (Lipinski definition) is 3. The van der Waals surface area contributed by atoms with Gasteiger partial charge in [0.2, 0.25) is 5.91 Å². The number of likely N-dealkylation sites (tertiary alicyclic amines) is 1. The maximum atomic E-state index is 12.2. The molecule has 1 amide bonds. The summed E-state index contributed by atoms with van der Waals surface area (Å²) >= 11 is 0. The third kappa shape index (κ3) is 2.35. The molecule has 94 valence electrons. The number of esters is 1. The highest BCUT2D eigenvalue weighted by molar-refractivity contribution is 5.82. The summed E-state index contributed by atoms with van der Waals surface area (Å²) < 4.78 is 4.77. The molecule has 0 N–H and O–H groups in total. The fourth-order valence-corrected chi connectivity index (χ4v) is 2.68. The Kier molecular flexibility index (Phi) is 3.50. The molecule has 2 rings (SSSR count). The lowest BCUT2D eigenvalue weighted by Gasteiger charge is -2.20. The molecule has 1 heterocycles. The van der Waals surface area contributed by atoms with Gasteiger partial charge in [-0.1, -0.05) is 19.1 Å². The summed E-state index contributed by atoms with van der Waals surface area (Å²) in [7, 11) is 1.40. The van der Waals surface area contributed by atoms with Crippen LogP contribution in [-0.4, -0.2) is 37.0 Å². The van der Waals surface area contributed by atoms with Gasteiger partial charge >= 0.3 is 5.97 Å². The van der Waals surface area contributed by atoms with E-state index in [0.717, 1.165) is 12.8 Å². The van der Waals surface area contributed by atoms with Crippen molar-refractivity contribution in [2.45, 2.75) is 19.8 Å². The molecule has 17 heavy (non-hydrogen) atoms. The maximum Gasteiger partial charge on any atom is 0.310 e. The summed E-state index contributed by atoms with van der Waals surface area (Å²) in [6, 6.07) is 0. The van der Waals surface area contributed by atoms with Crippen LogP contribution in [0.15, 0.2) is 12.2 Å². The number of hydrogen-bond donors (Lipinski definition) is 0. The second-order valence-electron chi connectivity index (χ2n) is 4.99. The Bertz CT molecular complexity index is 343. The van der Waals surface area contributed by atoms with E-state index in [1.807, 2.05) is 11.8 Å². The van der Waals surface area contributed by atoms with Gasteiger partial charge in [0.25, 0.3) is 0 Å². The minimum absolute atomic E-state index is 0.0959. The van der Waals surface area contributed by atoms with E-state index in [1.54, 1.807) is 0 Å². The average Bonchev–Trinajstić information content (AvgIpc) is 2.96. The van der Waals surface area contributed by atoms with E-state index in [0.29, 0.717) is 13.1 Å². The predicted molar refractivity (Wildman–Crippen MR) is 63.1 cm³/mol. The molecule has 2 unspecified atom stereocenters. The summed E-state index contributed by atoms with van der Waals surface area (Å²) in [6.45, 7) is 3.19. The first-order chi connectivity index (χ1) is 8.13. The summed E-state index contributed by atoms with van der Waals surface area (Å²) in [6.07, 6.45) is 5.79. The van der Waals surface area contributed by atoms with Crippen LogP contribution in [0.5, 0.6) is 0 Å². The van der Waals surface area contributed by atoms with Crippen molar-refractivity contribution in [3.63, 3.8) is 0 Å². The van der Waals surface area contributed by atoms with Gasteiger partial charge in [0.15, 0.2) is 0 Å². The van der Waals surface area contributed by atoms with Gasteiger partial charge < -0.3 is 9.64 Å². The molecular weight excluding hydrogens is 218 g/mol. The number of carbonyl (C=O) groups excluding carboxylic acids is 2. The van der Waals surface area contributed by atoms with Gasteiger partial charge in [0.1, 0.15) is 0 Å². The number of amides is 1. The first kappa shape index (κ1) is 12.1.